The number of aryl methyl sites for hydroxylation is 1. The molecule has 142 valence electrons. The standard InChI is InChI=1S/C19H17N5O3S/c1-24-12-21-23-19(24)28-11-14-4-6-15(7-5-14)17(25)22-20-10-13-2-8-16(9-3-13)18(26)27/h2-10,12H,11H2,1H3,(H,22,25)(H,26,27). The van der Waals surface area contributed by atoms with E-state index in [-0.39, 0.29) is 11.5 Å². The molecule has 0 unspecified atom stereocenters. The number of carboxylic acids is 1. The number of amides is 1. The van der Waals surface area contributed by atoms with E-state index >= 15 is 0 Å². The fraction of sp³-hybridized carbons (Fsp3) is 0.105. The van der Waals surface area contributed by atoms with Crippen molar-refractivity contribution in [1.82, 2.24) is 20.2 Å². The van der Waals surface area contributed by atoms with Gasteiger partial charge >= 0.3 is 5.97 Å². The topological polar surface area (TPSA) is 109 Å². The molecule has 1 aromatic heterocycles. The first kappa shape index (κ1) is 19.3. The second-order valence-corrected chi connectivity index (χ2v) is 6.78. The molecular formula is C19H17N5O3S. The number of benzene rings is 2. The van der Waals surface area contributed by atoms with E-state index in [1.165, 1.54) is 18.3 Å². The lowest BCUT2D eigenvalue weighted by molar-refractivity contribution is 0.0696. The van der Waals surface area contributed by atoms with E-state index in [1.54, 1.807) is 42.4 Å². The highest BCUT2D eigenvalue weighted by atomic mass is 32.2. The second kappa shape index (κ2) is 8.96. The molecule has 2 N–H and O–H groups in total. The number of aromatic nitrogens is 3. The second-order valence-electron chi connectivity index (χ2n) is 5.84. The van der Waals surface area contributed by atoms with Gasteiger partial charge in [0, 0.05) is 18.4 Å². The molecule has 0 saturated heterocycles. The van der Waals surface area contributed by atoms with Crippen molar-refractivity contribution in [3.8, 4) is 0 Å². The van der Waals surface area contributed by atoms with Gasteiger partial charge in [-0.3, -0.25) is 4.79 Å². The average Bonchev–Trinajstić information content (AvgIpc) is 3.12. The Hall–Kier alpha value is -3.46. The first-order valence-electron chi connectivity index (χ1n) is 8.25. The predicted octanol–water partition coefficient (Wildman–Crippen LogP) is 2.57. The Balaban J connectivity index is 1.52. The van der Waals surface area contributed by atoms with E-state index in [2.05, 4.69) is 20.7 Å². The van der Waals surface area contributed by atoms with Crippen LogP contribution in [0.3, 0.4) is 0 Å². The van der Waals surface area contributed by atoms with Gasteiger partial charge in [0.05, 0.1) is 11.8 Å². The molecule has 3 aromatic rings. The summed E-state index contributed by atoms with van der Waals surface area (Å²) in [7, 11) is 1.89. The molecule has 1 heterocycles. The van der Waals surface area contributed by atoms with Crippen molar-refractivity contribution in [1.29, 1.82) is 0 Å². The number of carbonyl (C=O) groups is 2. The quantitative estimate of drug-likeness (QED) is 0.361. The molecule has 9 heteroatoms. The van der Waals surface area contributed by atoms with Crippen LogP contribution in [0.5, 0.6) is 0 Å². The van der Waals surface area contributed by atoms with Crippen molar-refractivity contribution >= 4 is 29.9 Å². The third-order valence-corrected chi connectivity index (χ3v) is 4.90. The lowest BCUT2D eigenvalue weighted by Crippen LogP contribution is -2.17. The number of nitrogens with zero attached hydrogens (tertiary/aromatic N) is 4. The van der Waals surface area contributed by atoms with E-state index < -0.39 is 5.97 Å². The molecule has 0 bridgehead atoms. The zero-order chi connectivity index (χ0) is 19.9. The molecule has 2 aromatic carbocycles. The Morgan fingerprint density at radius 2 is 1.82 bits per heavy atom. The molecule has 0 fully saturated rings. The summed E-state index contributed by atoms with van der Waals surface area (Å²) in [6.45, 7) is 0. The van der Waals surface area contributed by atoms with Gasteiger partial charge in [0.15, 0.2) is 5.16 Å². The number of rotatable bonds is 7. The van der Waals surface area contributed by atoms with Gasteiger partial charge in [-0.15, -0.1) is 10.2 Å². The molecule has 0 radical (unpaired) electrons. The number of thioether (sulfide) groups is 1. The number of aromatic carboxylic acids is 1. The van der Waals surface area contributed by atoms with Crippen LogP contribution in [0, 0.1) is 0 Å². The zero-order valence-corrected chi connectivity index (χ0v) is 15.8. The highest BCUT2D eigenvalue weighted by Crippen LogP contribution is 2.20. The van der Waals surface area contributed by atoms with Gasteiger partial charge in [-0.1, -0.05) is 36.0 Å². The molecule has 8 nitrogen and oxygen atoms in total. The number of hydrazone groups is 1. The fourth-order valence-electron chi connectivity index (χ4n) is 2.25. The Kier molecular flexibility index (Phi) is 6.18. The number of carbonyl (C=O) groups excluding carboxylic acids is 1. The summed E-state index contributed by atoms with van der Waals surface area (Å²) in [6.07, 6.45) is 3.10. The number of carboxylic acid groups (broad SMARTS) is 1. The average molecular weight is 395 g/mol. The molecule has 0 aliphatic carbocycles. The monoisotopic (exact) mass is 395 g/mol. The van der Waals surface area contributed by atoms with Gasteiger partial charge in [-0.2, -0.15) is 5.10 Å². The molecule has 0 saturated carbocycles. The Morgan fingerprint density at radius 3 is 2.43 bits per heavy atom. The fourth-order valence-corrected chi connectivity index (χ4v) is 3.09. The maximum absolute atomic E-state index is 12.1. The minimum Gasteiger partial charge on any atom is -0.478 e. The summed E-state index contributed by atoms with van der Waals surface area (Å²) in [6, 6.07) is 13.4. The summed E-state index contributed by atoms with van der Waals surface area (Å²) in [5, 5.41) is 21.4. The van der Waals surface area contributed by atoms with Crippen LogP contribution in [0.4, 0.5) is 0 Å². The molecule has 0 aliphatic rings. The zero-order valence-electron chi connectivity index (χ0n) is 14.9. The minimum absolute atomic E-state index is 0.193. The summed E-state index contributed by atoms with van der Waals surface area (Å²) in [4.78, 5) is 23.0. The summed E-state index contributed by atoms with van der Waals surface area (Å²) < 4.78 is 1.85. The largest absolute Gasteiger partial charge is 0.478 e. The smallest absolute Gasteiger partial charge is 0.335 e. The van der Waals surface area contributed by atoms with Crippen molar-refractivity contribution < 1.29 is 14.7 Å². The van der Waals surface area contributed by atoms with Crippen molar-refractivity contribution in [2.45, 2.75) is 10.9 Å². The Morgan fingerprint density at radius 1 is 1.14 bits per heavy atom. The van der Waals surface area contributed by atoms with Crippen LogP contribution in [0.1, 0.15) is 31.8 Å². The van der Waals surface area contributed by atoms with Crippen LogP contribution in [0.15, 0.2) is 65.1 Å². The van der Waals surface area contributed by atoms with Crippen LogP contribution in [0.25, 0.3) is 0 Å². The highest BCUT2D eigenvalue weighted by molar-refractivity contribution is 7.98. The van der Waals surface area contributed by atoms with Gasteiger partial charge in [0.25, 0.3) is 5.91 Å². The highest BCUT2D eigenvalue weighted by Gasteiger charge is 2.06. The van der Waals surface area contributed by atoms with Gasteiger partial charge in [-0.25, -0.2) is 10.2 Å². The van der Waals surface area contributed by atoms with Gasteiger partial charge in [-0.05, 0) is 35.4 Å². The first-order chi connectivity index (χ1) is 13.5. The minimum atomic E-state index is -0.991. The molecule has 0 atom stereocenters. The van der Waals surface area contributed by atoms with Crippen molar-refractivity contribution in [2.75, 3.05) is 0 Å². The SMILES string of the molecule is Cn1cnnc1SCc1ccc(C(=O)NN=Cc2ccc(C(=O)O)cc2)cc1. The van der Waals surface area contributed by atoms with E-state index in [9.17, 15) is 9.59 Å². The van der Waals surface area contributed by atoms with Crippen LogP contribution < -0.4 is 5.43 Å². The molecule has 1 amide bonds. The summed E-state index contributed by atoms with van der Waals surface area (Å²) in [5.41, 5.74) is 4.88. The Labute approximate surface area is 165 Å². The van der Waals surface area contributed by atoms with Gasteiger partial charge < -0.3 is 9.67 Å². The number of nitrogens with one attached hydrogen (secondary N) is 1. The molecule has 3 rings (SSSR count). The third kappa shape index (κ3) is 5.04. The van der Waals surface area contributed by atoms with Crippen LogP contribution in [-0.4, -0.2) is 38.0 Å². The molecular weight excluding hydrogens is 378 g/mol. The van der Waals surface area contributed by atoms with E-state index in [0.717, 1.165) is 16.5 Å². The molecule has 28 heavy (non-hydrogen) atoms. The predicted molar refractivity (Wildman–Crippen MR) is 105 cm³/mol. The summed E-state index contributed by atoms with van der Waals surface area (Å²) in [5.74, 6) is -0.597. The number of hydrogen-bond acceptors (Lipinski definition) is 6. The number of hydrogen-bond donors (Lipinski definition) is 2. The van der Waals surface area contributed by atoms with Gasteiger partial charge in [0.1, 0.15) is 6.33 Å². The molecule has 0 spiro atoms. The van der Waals surface area contributed by atoms with Crippen molar-refractivity contribution in [2.24, 2.45) is 12.1 Å². The van der Waals surface area contributed by atoms with Gasteiger partial charge in [0.2, 0.25) is 0 Å². The van der Waals surface area contributed by atoms with E-state index in [4.69, 9.17) is 5.11 Å². The van der Waals surface area contributed by atoms with Crippen LogP contribution >= 0.6 is 11.8 Å². The third-order valence-electron chi connectivity index (χ3n) is 3.79. The van der Waals surface area contributed by atoms with Crippen molar-refractivity contribution in [3.05, 3.63) is 77.1 Å². The van der Waals surface area contributed by atoms with Crippen LogP contribution in [0.2, 0.25) is 0 Å². The maximum Gasteiger partial charge on any atom is 0.335 e. The lowest BCUT2D eigenvalue weighted by atomic mass is 10.1. The van der Waals surface area contributed by atoms with Crippen LogP contribution in [-0.2, 0) is 12.8 Å². The lowest BCUT2D eigenvalue weighted by Gasteiger charge is -2.03. The normalized spacial score (nSPS) is 10.9. The molecule has 0 aliphatic heterocycles. The summed E-state index contributed by atoms with van der Waals surface area (Å²) >= 11 is 1.56. The maximum atomic E-state index is 12.1. The van der Waals surface area contributed by atoms with Crippen molar-refractivity contribution in [3.63, 3.8) is 0 Å². The Bertz CT molecular complexity index is 997. The van der Waals surface area contributed by atoms with E-state index in [1.807, 2.05) is 23.7 Å². The van der Waals surface area contributed by atoms with E-state index in [0.29, 0.717) is 11.1 Å². The first-order valence-corrected chi connectivity index (χ1v) is 9.24.